The van der Waals surface area contributed by atoms with Crippen LogP contribution in [0.15, 0.2) is 48.5 Å². The maximum absolute atomic E-state index is 13.2. The number of carbonyl (C=O) groups is 1. The molecule has 1 N–H and O–H groups in total. The second-order valence-corrected chi connectivity index (χ2v) is 5.72. The second-order valence-electron chi connectivity index (χ2n) is 5.53. The summed E-state index contributed by atoms with van der Waals surface area (Å²) in [5.74, 6) is -0.635. The van der Waals surface area contributed by atoms with Gasteiger partial charge in [0, 0.05) is 22.7 Å². The minimum Gasteiger partial charge on any atom is -0.268 e. The van der Waals surface area contributed by atoms with Crippen LogP contribution in [0.3, 0.4) is 0 Å². The summed E-state index contributed by atoms with van der Waals surface area (Å²) in [6.45, 7) is 1.38. The van der Waals surface area contributed by atoms with E-state index in [4.69, 9.17) is 11.8 Å². The van der Waals surface area contributed by atoms with Crippen LogP contribution in [0.5, 0.6) is 0 Å². The molecule has 7 heteroatoms. The average molecular weight is 365 g/mol. The first-order valence-corrected chi connectivity index (χ1v) is 7.68. The average Bonchev–Trinajstić information content (AvgIpc) is 2.59. The Morgan fingerprint density at radius 2 is 1.84 bits per heavy atom. The molecule has 1 amide bonds. The number of fused-ring (bicyclic) bond motifs is 1. The molecule has 0 saturated heterocycles. The predicted octanol–water partition coefficient (Wildman–Crippen LogP) is 5.11. The minimum absolute atomic E-state index is 0.0976. The van der Waals surface area contributed by atoms with Gasteiger partial charge in [-0.1, -0.05) is 30.3 Å². The van der Waals surface area contributed by atoms with E-state index in [2.05, 4.69) is 4.98 Å². The quantitative estimate of drug-likeness (QED) is 0.642. The van der Waals surface area contributed by atoms with Gasteiger partial charge in [-0.05, 0) is 30.7 Å². The number of amides is 1. The van der Waals surface area contributed by atoms with E-state index in [0.29, 0.717) is 10.9 Å². The molecule has 3 aromatic rings. The normalized spacial score (nSPS) is 11.6. The van der Waals surface area contributed by atoms with Gasteiger partial charge in [-0.15, -0.1) is 0 Å². The van der Waals surface area contributed by atoms with Crippen molar-refractivity contribution in [2.24, 2.45) is 0 Å². The SMILES string of the molecule is Cc1ccc(-c2nc3ccccc3cc2C(=O)NCl)cc1C(F)(F)F. The lowest BCUT2D eigenvalue weighted by Crippen LogP contribution is -2.15. The number of para-hydroxylation sites is 1. The number of nitrogens with zero attached hydrogens (tertiary/aromatic N) is 1. The standard InChI is InChI=1S/C18H12ClF3N2O/c1-10-6-7-12(9-14(10)18(20,21)22)16-13(17(25)24-19)8-11-4-2-3-5-15(11)23-16/h2-9H,1H3,(H,24,25). The summed E-state index contributed by atoms with van der Waals surface area (Å²) in [6.07, 6.45) is -4.49. The molecular weight excluding hydrogens is 353 g/mol. The molecule has 0 aliphatic rings. The highest BCUT2D eigenvalue weighted by Crippen LogP contribution is 2.35. The van der Waals surface area contributed by atoms with E-state index in [1.54, 1.807) is 30.3 Å². The van der Waals surface area contributed by atoms with Gasteiger partial charge in [0.1, 0.15) is 0 Å². The van der Waals surface area contributed by atoms with Gasteiger partial charge < -0.3 is 0 Å². The lowest BCUT2D eigenvalue weighted by Gasteiger charge is -2.14. The first kappa shape index (κ1) is 17.2. The molecule has 0 atom stereocenters. The Morgan fingerprint density at radius 1 is 1.12 bits per heavy atom. The van der Waals surface area contributed by atoms with Crippen molar-refractivity contribution in [3.05, 3.63) is 65.2 Å². The summed E-state index contributed by atoms with van der Waals surface area (Å²) in [7, 11) is 0. The van der Waals surface area contributed by atoms with Gasteiger partial charge in [0.2, 0.25) is 0 Å². The molecule has 1 heterocycles. The fourth-order valence-corrected chi connectivity index (χ4v) is 2.74. The van der Waals surface area contributed by atoms with Crippen molar-refractivity contribution >= 4 is 28.6 Å². The highest BCUT2D eigenvalue weighted by atomic mass is 35.5. The molecular formula is C18H12ClF3N2O. The summed E-state index contributed by atoms with van der Waals surface area (Å²) in [6, 6.07) is 12.4. The van der Waals surface area contributed by atoms with Gasteiger partial charge in [0.15, 0.2) is 0 Å². The summed E-state index contributed by atoms with van der Waals surface area (Å²) in [4.78, 5) is 18.5. The van der Waals surface area contributed by atoms with Crippen LogP contribution in [-0.2, 0) is 6.18 Å². The van der Waals surface area contributed by atoms with Crippen LogP contribution in [0.1, 0.15) is 21.5 Å². The van der Waals surface area contributed by atoms with E-state index in [1.165, 1.54) is 19.1 Å². The minimum atomic E-state index is -4.49. The van der Waals surface area contributed by atoms with E-state index in [-0.39, 0.29) is 22.4 Å². The Bertz CT molecular complexity index is 970. The zero-order valence-corrected chi connectivity index (χ0v) is 13.7. The number of hydrogen-bond donors (Lipinski definition) is 1. The van der Waals surface area contributed by atoms with Crippen LogP contribution in [-0.4, -0.2) is 10.9 Å². The molecule has 0 unspecified atom stereocenters. The third-order valence-electron chi connectivity index (χ3n) is 3.87. The fraction of sp³-hybridized carbons (Fsp3) is 0.111. The van der Waals surface area contributed by atoms with Gasteiger partial charge in [-0.3, -0.25) is 9.63 Å². The number of alkyl halides is 3. The largest absolute Gasteiger partial charge is 0.416 e. The summed E-state index contributed by atoms with van der Waals surface area (Å²) in [5.41, 5.74) is 0.335. The number of hydrogen-bond acceptors (Lipinski definition) is 2. The molecule has 0 aliphatic heterocycles. The molecule has 1 aromatic heterocycles. The number of benzene rings is 2. The number of aryl methyl sites for hydroxylation is 1. The topological polar surface area (TPSA) is 42.0 Å². The predicted molar refractivity (Wildman–Crippen MR) is 90.2 cm³/mol. The molecule has 0 radical (unpaired) electrons. The smallest absolute Gasteiger partial charge is 0.268 e. The van der Waals surface area contributed by atoms with Gasteiger partial charge in [-0.2, -0.15) is 13.2 Å². The Kier molecular flexibility index (Phi) is 4.39. The van der Waals surface area contributed by atoms with Crippen LogP contribution in [0.25, 0.3) is 22.2 Å². The summed E-state index contributed by atoms with van der Waals surface area (Å²) < 4.78 is 39.6. The van der Waals surface area contributed by atoms with Crippen molar-refractivity contribution < 1.29 is 18.0 Å². The molecule has 0 spiro atoms. The van der Waals surface area contributed by atoms with Crippen LogP contribution in [0, 0.1) is 6.92 Å². The van der Waals surface area contributed by atoms with Gasteiger partial charge in [0.25, 0.3) is 5.91 Å². The lowest BCUT2D eigenvalue weighted by atomic mass is 9.98. The van der Waals surface area contributed by atoms with Crippen LogP contribution < -0.4 is 4.84 Å². The van der Waals surface area contributed by atoms with Crippen molar-refractivity contribution in [2.45, 2.75) is 13.1 Å². The first-order valence-electron chi connectivity index (χ1n) is 7.30. The van der Waals surface area contributed by atoms with Crippen molar-refractivity contribution in [2.75, 3.05) is 0 Å². The molecule has 0 aliphatic carbocycles. The van der Waals surface area contributed by atoms with E-state index in [1.807, 2.05) is 4.84 Å². The summed E-state index contributed by atoms with van der Waals surface area (Å²) >= 11 is 5.42. The third-order valence-corrected chi connectivity index (χ3v) is 4.04. The van der Waals surface area contributed by atoms with Gasteiger partial charge in [0.05, 0.1) is 22.3 Å². The monoisotopic (exact) mass is 364 g/mol. The number of rotatable bonds is 2. The number of carbonyl (C=O) groups excluding carboxylic acids is 1. The van der Waals surface area contributed by atoms with Crippen molar-refractivity contribution in [3.63, 3.8) is 0 Å². The van der Waals surface area contributed by atoms with Crippen molar-refractivity contribution in [1.82, 2.24) is 9.82 Å². The number of nitrogens with one attached hydrogen (secondary N) is 1. The molecule has 0 saturated carbocycles. The second kappa shape index (κ2) is 6.37. The highest BCUT2D eigenvalue weighted by molar-refractivity contribution is 6.25. The van der Waals surface area contributed by atoms with Gasteiger partial charge >= 0.3 is 6.18 Å². The maximum Gasteiger partial charge on any atom is 0.416 e. The lowest BCUT2D eigenvalue weighted by molar-refractivity contribution is -0.138. The number of pyridine rings is 1. The van der Waals surface area contributed by atoms with Crippen LogP contribution in [0.2, 0.25) is 0 Å². The molecule has 0 bridgehead atoms. The van der Waals surface area contributed by atoms with Crippen molar-refractivity contribution in [1.29, 1.82) is 0 Å². The zero-order chi connectivity index (χ0) is 18.2. The molecule has 0 fully saturated rings. The molecule has 128 valence electrons. The first-order chi connectivity index (χ1) is 11.8. The highest BCUT2D eigenvalue weighted by Gasteiger charge is 2.33. The molecule has 25 heavy (non-hydrogen) atoms. The Labute approximate surface area is 146 Å². The van der Waals surface area contributed by atoms with E-state index in [0.717, 1.165) is 6.07 Å². The van der Waals surface area contributed by atoms with Crippen LogP contribution in [0.4, 0.5) is 13.2 Å². The third kappa shape index (κ3) is 3.30. The zero-order valence-electron chi connectivity index (χ0n) is 13.0. The van der Waals surface area contributed by atoms with Gasteiger partial charge in [-0.25, -0.2) is 4.98 Å². The maximum atomic E-state index is 13.2. The Hall–Kier alpha value is -2.60. The molecule has 3 rings (SSSR count). The van der Waals surface area contributed by atoms with E-state index >= 15 is 0 Å². The molecule has 2 aromatic carbocycles. The fourth-order valence-electron chi connectivity index (χ4n) is 2.63. The van der Waals surface area contributed by atoms with Crippen LogP contribution >= 0.6 is 11.8 Å². The Morgan fingerprint density at radius 3 is 2.52 bits per heavy atom. The molecule has 3 nitrogen and oxygen atoms in total. The van der Waals surface area contributed by atoms with Crippen molar-refractivity contribution in [3.8, 4) is 11.3 Å². The number of halogens is 4. The summed E-state index contributed by atoms with van der Waals surface area (Å²) in [5, 5.41) is 0.685. The van der Waals surface area contributed by atoms with E-state index < -0.39 is 17.6 Å². The van der Waals surface area contributed by atoms with E-state index in [9.17, 15) is 18.0 Å². The Balaban J connectivity index is 2.29. The number of aromatic nitrogens is 1.